The van der Waals surface area contributed by atoms with Crippen molar-refractivity contribution < 1.29 is 28.5 Å². The van der Waals surface area contributed by atoms with Gasteiger partial charge in [0, 0.05) is 10.4 Å². The molecule has 0 amide bonds. The summed E-state index contributed by atoms with van der Waals surface area (Å²) in [7, 11) is -5.17. The van der Waals surface area contributed by atoms with Crippen molar-refractivity contribution in [2.75, 3.05) is 0 Å². The van der Waals surface area contributed by atoms with Crippen LogP contribution in [-0.2, 0) is 10.4 Å². The van der Waals surface area contributed by atoms with Gasteiger partial charge >= 0.3 is 92.8 Å². The minimum atomic E-state index is -5.17. The summed E-state index contributed by atoms with van der Waals surface area (Å²) in [5.41, 5.74) is 0. The van der Waals surface area contributed by atoms with Crippen LogP contribution in [0.5, 0.6) is 0 Å². The Balaban J connectivity index is -0.00000000800. The van der Waals surface area contributed by atoms with Crippen LogP contribution in [-0.4, -0.2) is 121 Å². The zero-order chi connectivity index (χ0) is 4.50. The van der Waals surface area contributed by atoms with Crippen molar-refractivity contribution in [3.05, 3.63) is 0 Å². The molecule has 0 aromatic rings. The molecule has 0 aliphatic heterocycles. The summed E-state index contributed by atoms with van der Waals surface area (Å²) in [4.78, 5) is 0. The van der Waals surface area contributed by atoms with Gasteiger partial charge in [-0.3, -0.25) is 8.42 Å². The van der Waals surface area contributed by atoms with E-state index in [1.165, 1.54) is 0 Å². The fraction of sp³-hybridized carbons (Fsp3) is 0. The zero-order valence-electron chi connectivity index (χ0n) is 4.93. The first-order valence-corrected chi connectivity index (χ1v) is 2.00. The monoisotopic (exact) mass is 237 g/mol. The second-order valence-corrected chi connectivity index (χ2v) is 1.22. The van der Waals surface area contributed by atoms with Crippen LogP contribution in [0.15, 0.2) is 0 Å². The molecule has 0 heterocycles. The van der Waals surface area contributed by atoms with Crippen molar-refractivity contribution in [1.82, 2.24) is 0 Å². The van der Waals surface area contributed by atoms with Gasteiger partial charge in [-0.1, -0.05) is 0 Å². The molecule has 6 nitrogen and oxygen atoms in total. The molecule has 0 atom stereocenters. The molecule has 10 heteroatoms. The third-order valence-electron chi connectivity index (χ3n) is 0. The molecule has 0 aromatic heterocycles. The van der Waals surface area contributed by atoms with Crippen LogP contribution in [0.4, 0.5) is 0 Å². The first-order chi connectivity index (χ1) is 2.00. The van der Waals surface area contributed by atoms with Crippen LogP contribution in [0.2, 0.25) is 0 Å². The Morgan fingerprint density at radius 2 is 0.900 bits per heavy atom. The van der Waals surface area contributed by atoms with Gasteiger partial charge in [-0.25, -0.2) is 0 Å². The maximum absolute atomic E-state index is 8.52. The SMILES string of the molecule is O=S(=O)([O-])[O-].[Al+3].[Ca+2].[Ca+2].[OH-].[OH-]. The van der Waals surface area contributed by atoms with Gasteiger partial charge in [-0.2, -0.15) is 0 Å². The molecule has 0 bridgehead atoms. The molecule has 0 unspecified atom stereocenters. The van der Waals surface area contributed by atoms with E-state index in [1.54, 1.807) is 0 Å². The van der Waals surface area contributed by atoms with Gasteiger partial charge < -0.3 is 20.1 Å². The van der Waals surface area contributed by atoms with Crippen molar-refractivity contribution in [3.8, 4) is 0 Å². The van der Waals surface area contributed by atoms with Gasteiger partial charge in [0.05, 0.1) is 0 Å². The fourth-order valence-electron chi connectivity index (χ4n) is 0. The first kappa shape index (κ1) is 38.5. The molecular formula is H2AlCa2O6S+3. The van der Waals surface area contributed by atoms with Gasteiger partial charge in [0.25, 0.3) is 0 Å². The summed E-state index contributed by atoms with van der Waals surface area (Å²) in [6.45, 7) is 0. The average molecular weight is 237 g/mol. The number of rotatable bonds is 0. The van der Waals surface area contributed by atoms with Crippen LogP contribution in [0.25, 0.3) is 0 Å². The van der Waals surface area contributed by atoms with Crippen LogP contribution < -0.4 is 0 Å². The van der Waals surface area contributed by atoms with Crippen LogP contribution in [0.3, 0.4) is 0 Å². The third-order valence-corrected chi connectivity index (χ3v) is 0. The van der Waals surface area contributed by atoms with E-state index in [0.29, 0.717) is 0 Å². The van der Waals surface area contributed by atoms with E-state index < -0.39 is 10.4 Å². The summed E-state index contributed by atoms with van der Waals surface area (Å²) in [5.74, 6) is 0. The van der Waals surface area contributed by atoms with Crippen LogP contribution in [0, 0.1) is 0 Å². The molecule has 10 heavy (non-hydrogen) atoms. The van der Waals surface area contributed by atoms with Gasteiger partial charge in [0.15, 0.2) is 0 Å². The largest absolute Gasteiger partial charge is 3.00 e. The Hall–Kier alpha value is 2.84. The molecular weight excluding hydrogens is 235 g/mol. The Morgan fingerprint density at radius 3 is 0.900 bits per heavy atom. The van der Waals surface area contributed by atoms with E-state index in [9.17, 15) is 0 Å². The van der Waals surface area contributed by atoms with E-state index in [1.807, 2.05) is 0 Å². The predicted molar refractivity (Wildman–Crippen MR) is 31.6 cm³/mol. The van der Waals surface area contributed by atoms with Crippen LogP contribution in [0.1, 0.15) is 0 Å². The van der Waals surface area contributed by atoms with Crippen molar-refractivity contribution in [3.63, 3.8) is 0 Å². The van der Waals surface area contributed by atoms with E-state index in [0.717, 1.165) is 0 Å². The Kier molecular flexibility index (Phi) is 68.5. The van der Waals surface area contributed by atoms with E-state index in [-0.39, 0.29) is 104 Å². The van der Waals surface area contributed by atoms with E-state index in [2.05, 4.69) is 0 Å². The summed E-state index contributed by atoms with van der Waals surface area (Å²) in [5, 5.41) is 0. The molecule has 0 fully saturated rings. The van der Waals surface area contributed by atoms with Gasteiger partial charge in [0.1, 0.15) is 0 Å². The number of hydrogen-bond acceptors (Lipinski definition) is 6. The minimum absolute atomic E-state index is 0. The van der Waals surface area contributed by atoms with Crippen LogP contribution >= 0.6 is 0 Å². The quantitative estimate of drug-likeness (QED) is 0.252. The molecule has 2 N–H and O–H groups in total. The van der Waals surface area contributed by atoms with Gasteiger partial charge in [-0.15, -0.1) is 0 Å². The van der Waals surface area contributed by atoms with Crippen molar-refractivity contribution in [2.24, 2.45) is 0 Å². The predicted octanol–water partition coefficient (Wildman–Crippen LogP) is -2.83. The maximum atomic E-state index is 8.52. The first-order valence-electron chi connectivity index (χ1n) is 0.667. The Labute approximate surface area is 129 Å². The molecule has 0 rings (SSSR count). The standard InChI is InChI=1S/Al.2Ca.H2O4S.2H2O/c;;;1-5(2,3)4;;/h;;;(H2,1,2,3,4);2*1H2/q+3;2*+2;;;/p-4. The minimum Gasteiger partial charge on any atom is -0.870 e. The third kappa shape index (κ3) is 130. The second kappa shape index (κ2) is 17.8. The summed E-state index contributed by atoms with van der Waals surface area (Å²) in [6, 6.07) is 0. The Morgan fingerprint density at radius 1 is 0.900 bits per heavy atom. The summed E-state index contributed by atoms with van der Waals surface area (Å²) >= 11 is 0. The van der Waals surface area contributed by atoms with Crippen molar-refractivity contribution >= 4 is 103 Å². The molecule has 0 radical (unpaired) electrons. The second-order valence-electron chi connectivity index (χ2n) is 0.408. The van der Waals surface area contributed by atoms with Crippen molar-refractivity contribution in [2.45, 2.75) is 0 Å². The van der Waals surface area contributed by atoms with Gasteiger partial charge in [0.2, 0.25) is 0 Å². The summed E-state index contributed by atoms with van der Waals surface area (Å²) < 4.78 is 34.1. The number of hydrogen-bond donors (Lipinski definition) is 0. The fourth-order valence-corrected chi connectivity index (χ4v) is 0. The normalized spacial score (nSPS) is 5.80. The molecule has 0 saturated heterocycles. The zero-order valence-corrected chi connectivity index (χ0v) is 11.3. The molecule has 0 aromatic carbocycles. The Bertz CT molecular complexity index is 98.9. The molecule has 0 spiro atoms. The topological polar surface area (TPSA) is 140 Å². The molecule has 48 valence electrons. The van der Waals surface area contributed by atoms with Gasteiger partial charge in [-0.05, 0) is 0 Å². The maximum Gasteiger partial charge on any atom is 3.00 e. The average Bonchev–Trinajstić information content (AvgIpc) is 0.722. The molecule has 0 aliphatic carbocycles. The smallest absolute Gasteiger partial charge is 0.870 e. The molecule has 0 saturated carbocycles. The van der Waals surface area contributed by atoms with E-state index >= 15 is 0 Å². The molecule has 0 aliphatic rings. The van der Waals surface area contributed by atoms with Crippen molar-refractivity contribution in [1.29, 1.82) is 0 Å². The summed E-state index contributed by atoms with van der Waals surface area (Å²) in [6.07, 6.45) is 0. The van der Waals surface area contributed by atoms with E-state index in [4.69, 9.17) is 17.5 Å².